The molecular formula is C48H71N9O6. The molecule has 2 N–H and O–H groups in total. The predicted molar refractivity (Wildman–Crippen MR) is 254 cm³/mol. The number of anilines is 3. The molecule has 3 saturated heterocycles. The lowest BCUT2D eigenvalue weighted by Gasteiger charge is -2.56. The monoisotopic (exact) mass is 870 g/mol. The molecule has 15 heteroatoms. The molecule has 2 unspecified atom stereocenters. The van der Waals surface area contributed by atoms with E-state index in [0.29, 0.717) is 6.42 Å². The lowest BCUT2D eigenvalue weighted by Crippen LogP contribution is -2.71. The fourth-order valence-corrected chi connectivity index (χ4v) is 8.46. The normalized spacial score (nSPS) is 19.4. The summed E-state index contributed by atoms with van der Waals surface area (Å²) in [4.78, 5) is 74.4. The Morgan fingerprint density at radius 2 is 1.68 bits per heavy atom. The standard InChI is InChI=1S/C29H35N7O5.C13H18N2O.3C2H6/c1-28(18-33(19-28)20-6-8-24(31-16-20)36(40)41)34-14-12-32(13-15-34)22-4-3-5-23-26(22)29(10-11-29)27(39)35(23)21(17-37)7-9-25(38)30-2;1-5-6-7-11(3)15(4)12-9-8-10(2)14-13(12)16;3*1-2/h3-6,8,16-17,21H,7,9-15,18-19H2,1-2H3,(H,30,38);5-7,12H,1-3,8-9H2,4H3,(H,14,16);3*1-2H3/b;7-6-;;;. The van der Waals surface area contributed by atoms with Crippen molar-refractivity contribution < 1.29 is 24.1 Å². The van der Waals surface area contributed by atoms with Crippen molar-refractivity contribution in [3.63, 3.8) is 0 Å². The maximum Gasteiger partial charge on any atom is 0.363 e. The molecule has 1 aliphatic carbocycles. The maximum absolute atomic E-state index is 13.7. The van der Waals surface area contributed by atoms with E-state index in [-0.39, 0.29) is 41.5 Å². The molecule has 7 rings (SSSR count). The SMILES string of the molecule is C=C/C=C\C(=C)N(C)C1CCC(=C)NC1=O.CC.CC.CC.CNC(=O)CCC(C=O)N1C(=O)C2(CC2)c2c(N3CCN(C4(C)CN(c5ccc([N+](=O)[O-])nc5)C4)CC3)cccc21. The molecule has 0 bridgehead atoms. The molecule has 3 amide bonds. The van der Waals surface area contributed by atoms with Crippen molar-refractivity contribution in [3.8, 4) is 0 Å². The zero-order chi connectivity index (χ0) is 47.1. The van der Waals surface area contributed by atoms with E-state index in [9.17, 15) is 29.3 Å². The quantitative estimate of drug-likeness (QED) is 0.0931. The van der Waals surface area contributed by atoms with Crippen LogP contribution in [0.4, 0.5) is 22.9 Å². The zero-order valence-electron chi connectivity index (χ0n) is 39.1. The van der Waals surface area contributed by atoms with Crippen molar-refractivity contribution >= 4 is 46.9 Å². The van der Waals surface area contributed by atoms with Crippen molar-refractivity contribution in [2.24, 2.45) is 0 Å². The fraction of sp³-hybridized carbons (Fsp3) is 0.521. The first kappa shape index (κ1) is 51.5. The molecule has 15 nitrogen and oxygen atoms in total. The number of carbonyl (C=O) groups excluding carboxylic acids is 4. The lowest BCUT2D eigenvalue weighted by molar-refractivity contribution is -0.389. The number of nitrogens with zero attached hydrogens (tertiary/aromatic N) is 7. The van der Waals surface area contributed by atoms with Crippen LogP contribution in [0.3, 0.4) is 0 Å². The minimum absolute atomic E-state index is 0.00105. The van der Waals surface area contributed by atoms with Gasteiger partial charge in [-0.05, 0) is 73.2 Å². The number of nitrogens with one attached hydrogen (secondary N) is 2. The van der Waals surface area contributed by atoms with Gasteiger partial charge in [0, 0.05) is 88.5 Å². The Labute approximate surface area is 375 Å². The van der Waals surface area contributed by atoms with Crippen molar-refractivity contribution in [3.05, 3.63) is 102 Å². The third-order valence-electron chi connectivity index (χ3n) is 12.0. The third-order valence-corrected chi connectivity index (χ3v) is 12.0. The number of benzene rings is 1. The third kappa shape index (κ3) is 11.6. The van der Waals surface area contributed by atoms with Gasteiger partial charge < -0.3 is 45.1 Å². The summed E-state index contributed by atoms with van der Waals surface area (Å²) in [7, 11) is 3.44. The van der Waals surface area contributed by atoms with Gasteiger partial charge in [-0.25, -0.2) is 0 Å². The molecule has 1 aromatic carbocycles. The van der Waals surface area contributed by atoms with Gasteiger partial charge in [-0.3, -0.25) is 19.3 Å². The minimum atomic E-state index is -0.668. The summed E-state index contributed by atoms with van der Waals surface area (Å²) in [5.74, 6) is -0.324. The van der Waals surface area contributed by atoms with Gasteiger partial charge in [0.25, 0.3) is 0 Å². The number of hydrogen-bond acceptors (Lipinski definition) is 11. The van der Waals surface area contributed by atoms with Crippen LogP contribution >= 0.6 is 0 Å². The molecule has 0 radical (unpaired) electrons. The Bertz CT molecular complexity index is 1960. The number of aldehydes is 1. The Morgan fingerprint density at radius 3 is 2.21 bits per heavy atom. The van der Waals surface area contributed by atoms with E-state index in [0.717, 1.165) is 105 Å². The lowest BCUT2D eigenvalue weighted by atomic mass is 9.88. The Balaban J connectivity index is 0.000000403. The smallest absolute Gasteiger partial charge is 0.363 e. The highest BCUT2D eigenvalue weighted by Gasteiger charge is 2.61. The van der Waals surface area contributed by atoms with Crippen LogP contribution in [0.15, 0.2) is 85.9 Å². The Morgan fingerprint density at radius 1 is 1.05 bits per heavy atom. The molecule has 1 saturated carbocycles. The van der Waals surface area contributed by atoms with E-state index in [1.807, 2.05) is 71.7 Å². The molecule has 5 aliphatic rings. The summed E-state index contributed by atoms with van der Waals surface area (Å²) >= 11 is 0. The number of likely N-dealkylation sites (N-methyl/N-ethyl adjacent to an activating group) is 1. The van der Waals surface area contributed by atoms with Gasteiger partial charge in [-0.1, -0.05) is 79.5 Å². The molecule has 1 aromatic heterocycles. The number of amides is 3. The van der Waals surface area contributed by atoms with Crippen molar-refractivity contribution in [1.29, 1.82) is 0 Å². The molecular weight excluding hydrogens is 799 g/mol. The minimum Gasteiger partial charge on any atom is -0.369 e. The highest BCUT2D eigenvalue weighted by atomic mass is 16.6. The number of allylic oxidation sites excluding steroid dienone is 4. The number of fused-ring (bicyclic) bond motifs is 2. The topological polar surface area (TPSA) is 165 Å². The summed E-state index contributed by atoms with van der Waals surface area (Å²) in [6.45, 7) is 30.6. The largest absolute Gasteiger partial charge is 0.369 e. The van der Waals surface area contributed by atoms with Gasteiger partial charge in [0.2, 0.25) is 17.7 Å². The van der Waals surface area contributed by atoms with Crippen LogP contribution in [0.25, 0.3) is 0 Å². The average Bonchev–Trinajstić information content (AvgIpc) is 4.08. The molecule has 4 aliphatic heterocycles. The van der Waals surface area contributed by atoms with Crippen LogP contribution in [0.2, 0.25) is 0 Å². The van der Waals surface area contributed by atoms with Crippen LogP contribution in [-0.4, -0.2) is 115 Å². The highest BCUT2D eigenvalue weighted by Crippen LogP contribution is 2.60. The number of carbonyl (C=O) groups is 4. The summed E-state index contributed by atoms with van der Waals surface area (Å²) in [5, 5.41) is 16.3. The first-order chi connectivity index (χ1) is 30.3. The van der Waals surface area contributed by atoms with Crippen LogP contribution in [0.5, 0.6) is 0 Å². The number of piperazine rings is 1. The molecule has 2 aromatic rings. The Kier molecular flexibility index (Phi) is 19.3. The van der Waals surface area contributed by atoms with E-state index < -0.39 is 16.4 Å². The van der Waals surface area contributed by atoms with E-state index in [2.05, 4.69) is 63.0 Å². The average molecular weight is 870 g/mol. The second-order valence-electron chi connectivity index (χ2n) is 15.6. The van der Waals surface area contributed by atoms with Crippen molar-refractivity contribution in [1.82, 2.24) is 25.4 Å². The van der Waals surface area contributed by atoms with Gasteiger partial charge in [0.15, 0.2) is 6.20 Å². The zero-order valence-corrected chi connectivity index (χ0v) is 39.1. The number of pyridine rings is 1. The van der Waals surface area contributed by atoms with Crippen LogP contribution in [0, 0.1) is 10.1 Å². The van der Waals surface area contributed by atoms with Crippen LogP contribution < -0.4 is 25.3 Å². The number of hydrogen-bond donors (Lipinski definition) is 2. The molecule has 4 fully saturated rings. The number of aromatic nitrogens is 1. The van der Waals surface area contributed by atoms with Gasteiger partial charge >= 0.3 is 5.82 Å². The predicted octanol–water partition coefficient (Wildman–Crippen LogP) is 6.91. The summed E-state index contributed by atoms with van der Waals surface area (Å²) in [6, 6.07) is 8.37. The van der Waals surface area contributed by atoms with E-state index in [1.165, 1.54) is 6.07 Å². The second-order valence-corrected chi connectivity index (χ2v) is 15.6. The van der Waals surface area contributed by atoms with Gasteiger partial charge in [0.05, 0.1) is 28.4 Å². The molecule has 344 valence electrons. The van der Waals surface area contributed by atoms with Gasteiger partial charge in [-0.15, -0.1) is 0 Å². The number of piperidine rings is 1. The number of nitro groups is 1. The van der Waals surface area contributed by atoms with Gasteiger partial charge in [-0.2, -0.15) is 0 Å². The Hall–Kier alpha value is -5.83. The first-order valence-electron chi connectivity index (χ1n) is 22.4. The number of rotatable bonds is 13. The fourth-order valence-electron chi connectivity index (χ4n) is 8.46. The molecule has 5 heterocycles. The second kappa shape index (κ2) is 23.6. The first-order valence-corrected chi connectivity index (χ1v) is 22.4. The van der Waals surface area contributed by atoms with Gasteiger partial charge in [0.1, 0.15) is 12.3 Å². The maximum atomic E-state index is 13.7. The van der Waals surface area contributed by atoms with Crippen LogP contribution in [0.1, 0.15) is 92.6 Å². The summed E-state index contributed by atoms with van der Waals surface area (Å²) in [5.41, 5.74) is 4.84. The molecule has 1 spiro atoms. The molecule has 2 atom stereocenters. The summed E-state index contributed by atoms with van der Waals surface area (Å²) < 4.78 is 0. The summed E-state index contributed by atoms with van der Waals surface area (Å²) in [6.07, 6.45) is 11.3. The van der Waals surface area contributed by atoms with E-state index in [4.69, 9.17) is 0 Å². The van der Waals surface area contributed by atoms with Crippen molar-refractivity contribution in [2.75, 3.05) is 68.1 Å². The van der Waals surface area contributed by atoms with E-state index in [1.54, 1.807) is 36.4 Å². The van der Waals surface area contributed by atoms with Crippen molar-refractivity contribution in [2.45, 2.75) is 110 Å². The molecule has 63 heavy (non-hydrogen) atoms. The highest BCUT2D eigenvalue weighted by molar-refractivity contribution is 6.14. The van der Waals surface area contributed by atoms with Crippen LogP contribution in [-0.2, 0) is 24.6 Å². The van der Waals surface area contributed by atoms with E-state index >= 15 is 0 Å².